The zero-order chi connectivity index (χ0) is 16.8. The largest absolute Gasteiger partial charge is 0.492 e. The number of rotatable bonds is 6. The van der Waals surface area contributed by atoms with Gasteiger partial charge in [0.2, 0.25) is 0 Å². The van der Waals surface area contributed by atoms with Crippen molar-refractivity contribution >= 4 is 17.3 Å². The standard InChI is InChI=1S/C17H17N3O3/c1-2-23-15-8-5-12(9-14(15)19)16(17(21)22)20-13-6-3-11(10-18)4-7-13/h3-9,16,20H,2,19H2,1H3,(H,21,22). The quantitative estimate of drug-likeness (QED) is 0.708. The van der Waals surface area contributed by atoms with E-state index in [-0.39, 0.29) is 0 Å². The Bertz CT molecular complexity index is 736. The average molecular weight is 311 g/mol. The molecule has 0 aliphatic carbocycles. The number of carboxylic acids is 1. The summed E-state index contributed by atoms with van der Waals surface area (Å²) in [4.78, 5) is 11.6. The highest BCUT2D eigenvalue weighted by molar-refractivity contribution is 5.80. The second kappa shape index (κ2) is 7.18. The first-order valence-corrected chi connectivity index (χ1v) is 7.07. The Morgan fingerprint density at radius 3 is 2.57 bits per heavy atom. The minimum atomic E-state index is -1.03. The fourth-order valence-corrected chi connectivity index (χ4v) is 2.13. The Hall–Kier alpha value is -3.20. The minimum Gasteiger partial charge on any atom is -0.492 e. The van der Waals surface area contributed by atoms with Gasteiger partial charge in [-0.15, -0.1) is 0 Å². The van der Waals surface area contributed by atoms with E-state index in [2.05, 4.69) is 5.32 Å². The lowest BCUT2D eigenvalue weighted by Crippen LogP contribution is -2.20. The Kier molecular flexibility index (Phi) is 5.05. The van der Waals surface area contributed by atoms with Gasteiger partial charge in [-0.1, -0.05) is 6.07 Å². The van der Waals surface area contributed by atoms with Crippen molar-refractivity contribution in [2.75, 3.05) is 17.7 Å². The molecule has 0 aliphatic rings. The topological polar surface area (TPSA) is 108 Å². The molecule has 0 heterocycles. The molecule has 0 saturated heterocycles. The molecule has 1 atom stereocenters. The molecule has 6 nitrogen and oxygen atoms in total. The van der Waals surface area contributed by atoms with Crippen molar-refractivity contribution < 1.29 is 14.6 Å². The molecule has 0 aromatic heterocycles. The zero-order valence-corrected chi connectivity index (χ0v) is 12.6. The number of anilines is 2. The second-order valence-electron chi connectivity index (χ2n) is 4.84. The number of carbonyl (C=O) groups is 1. The third-order valence-electron chi connectivity index (χ3n) is 3.24. The third kappa shape index (κ3) is 3.92. The molecule has 0 spiro atoms. The predicted molar refractivity (Wildman–Crippen MR) is 87.2 cm³/mol. The van der Waals surface area contributed by atoms with Crippen LogP contribution in [-0.4, -0.2) is 17.7 Å². The summed E-state index contributed by atoms with van der Waals surface area (Å²) in [5.74, 6) is -0.503. The smallest absolute Gasteiger partial charge is 0.330 e. The number of nitriles is 1. The Morgan fingerprint density at radius 1 is 1.35 bits per heavy atom. The van der Waals surface area contributed by atoms with E-state index in [4.69, 9.17) is 15.7 Å². The van der Waals surface area contributed by atoms with Gasteiger partial charge in [-0.2, -0.15) is 5.26 Å². The van der Waals surface area contributed by atoms with E-state index in [1.54, 1.807) is 42.5 Å². The van der Waals surface area contributed by atoms with E-state index >= 15 is 0 Å². The van der Waals surface area contributed by atoms with Gasteiger partial charge in [-0.25, -0.2) is 4.79 Å². The van der Waals surface area contributed by atoms with E-state index in [0.29, 0.717) is 34.9 Å². The summed E-state index contributed by atoms with van der Waals surface area (Å²) in [6.45, 7) is 2.33. The number of ether oxygens (including phenoxy) is 1. The van der Waals surface area contributed by atoms with Crippen LogP contribution in [0, 0.1) is 11.3 Å². The van der Waals surface area contributed by atoms with Crippen molar-refractivity contribution in [3.8, 4) is 11.8 Å². The Morgan fingerprint density at radius 2 is 2.04 bits per heavy atom. The summed E-state index contributed by atoms with van der Waals surface area (Å²) in [5, 5.41) is 21.2. The van der Waals surface area contributed by atoms with Gasteiger partial charge in [0.05, 0.1) is 23.9 Å². The van der Waals surface area contributed by atoms with Crippen molar-refractivity contribution in [3.63, 3.8) is 0 Å². The molecule has 0 saturated carbocycles. The van der Waals surface area contributed by atoms with E-state index in [1.165, 1.54) is 0 Å². The van der Waals surface area contributed by atoms with Crippen LogP contribution >= 0.6 is 0 Å². The fourth-order valence-electron chi connectivity index (χ4n) is 2.13. The van der Waals surface area contributed by atoms with E-state index in [0.717, 1.165) is 0 Å². The molecule has 2 aromatic carbocycles. The maximum Gasteiger partial charge on any atom is 0.330 e. The van der Waals surface area contributed by atoms with Crippen LogP contribution in [0.4, 0.5) is 11.4 Å². The number of carboxylic acid groups (broad SMARTS) is 1. The van der Waals surface area contributed by atoms with Gasteiger partial charge in [0.15, 0.2) is 6.04 Å². The summed E-state index contributed by atoms with van der Waals surface area (Å²) >= 11 is 0. The maximum absolute atomic E-state index is 11.6. The number of nitrogens with zero attached hydrogens (tertiary/aromatic N) is 1. The van der Waals surface area contributed by atoms with Gasteiger partial charge < -0.3 is 20.9 Å². The lowest BCUT2D eigenvalue weighted by molar-refractivity contribution is -0.138. The van der Waals surface area contributed by atoms with Crippen molar-refractivity contribution in [3.05, 3.63) is 53.6 Å². The molecule has 6 heteroatoms. The van der Waals surface area contributed by atoms with Crippen molar-refractivity contribution in [1.29, 1.82) is 5.26 Å². The van der Waals surface area contributed by atoms with Crippen LogP contribution in [0.25, 0.3) is 0 Å². The van der Waals surface area contributed by atoms with Crippen molar-refractivity contribution in [1.82, 2.24) is 0 Å². The molecular formula is C17H17N3O3. The summed E-state index contributed by atoms with van der Waals surface area (Å²) < 4.78 is 5.35. The highest BCUT2D eigenvalue weighted by atomic mass is 16.5. The van der Waals surface area contributed by atoms with Crippen LogP contribution in [-0.2, 0) is 4.79 Å². The molecule has 118 valence electrons. The Labute approximate surface area is 134 Å². The molecule has 0 radical (unpaired) electrons. The van der Waals surface area contributed by atoms with Gasteiger partial charge in [0, 0.05) is 5.69 Å². The molecule has 1 unspecified atom stereocenters. The molecule has 23 heavy (non-hydrogen) atoms. The monoisotopic (exact) mass is 311 g/mol. The molecule has 0 bridgehead atoms. The summed E-state index contributed by atoms with van der Waals surface area (Å²) in [6.07, 6.45) is 0. The summed E-state index contributed by atoms with van der Waals surface area (Å²) in [7, 11) is 0. The summed E-state index contributed by atoms with van der Waals surface area (Å²) in [5.41, 5.74) is 7.91. The maximum atomic E-state index is 11.6. The second-order valence-corrected chi connectivity index (χ2v) is 4.84. The number of nitrogen functional groups attached to an aromatic ring is 1. The summed E-state index contributed by atoms with van der Waals surface area (Å²) in [6, 6.07) is 12.5. The van der Waals surface area contributed by atoms with Gasteiger partial charge in [-0.3, -0.25) is 0 Å². The first kappa shape index (κ1) is 16.2. The van der Waals surface area contributed by atoms with E-state index in [9.17, 15) is 9.90 Å². The number of hydrogen-bond acceptors (Lipinski definition) is 5. The van der Waals surface area contributed by atoms with E-state index in [1.807, 2.05) is 13.0 Å². The lowest BCUT2D eigenvalue weighted by atomic mass is 10.1. The normalized spacial score (nSPS) is 11.3. The van der Waals surface area contributed by atoms with Gasteiger partial charge in [-0.05, 0) is 48.9 Å². The molecular weight excluding hydrogens is 294 g/mol. The number of hydrogen-bond donors (Lipinski definition) is 3. The zero-order valence-electron chi connectivity index (χ0n) is 12.6. The first-order chi connectivity index (χ1) is 11.0. The fraction of sp³-hybridized carbons (Fsp3) is 0.176. The highest BCUT2D eigenvalue weighted by Crippen LogP contribution is 2.28. The van der Waals surface area contributed by atoms with E-state index < -0.39 is 12.0 Å². The number of benzene rings is 2. The lowest BCUT2D eigenvalue weighted by Gasteiger charge is -2.17. The number of aliphatic carboxylic acids is 1. The molecule has 0 fully saturated rings. The SMILES string of the molecule is CCOc1ccc(C(Nc2ccc(C#N)cc2)C(=O)O)cc1N. The first-order valence-electron chi connectivity index (χ1n) is 7.07. The molecule has 2 rings (SSSR count). The predicted octanol–water partition coefficient (Wildman–Crippen LogP) is 2.78. The van der Waals surface area contributed by atoms with Gasteiger partial charge >= 0.3 is 5.97 Å². The average Bonchev–Trinajstić information content (AvgIpc) is 2.55. The van der Waals surface area contributed by atoms with Crippen LogP contribution in [0.3, 0.4) is 0 Å². The van der Waals surface area contributed by atoms with Gasteiger partial charge in [0.25, 0.3) is 0 Å². The molecule has 4 N–H and O–H groups in total. The van der Waals surface area contributed by atoms with Crippen LogP contribution < -0.4 is 15.8 Å². The minimum absolute atomic E-state index is 0.386. The van der Waals surface area contributed by atoms with Crippen LogP contribution in [0.5, 0.6) is 5.75 Å². The molecule has 0 amide bonds. The van der Waals surface area contributed by atoms with Crippen molar-refractivity contribution in [2.45, 2.75) is 13.0 Å². The van der Waals surface area contributed by atoms with Crippen LogP contribution in [0.2, 0.25) is 0 Å². The van der Waals surface area contributed by atoms with Crippen LogP contribution in [0.15, 0.2) is 42.5 Å². The Balaban J connectivity index is 2.26. The number of nitrogens with one attached hydrogen (secondary N) is 1. The van der Waals surface area contributed by atoms with Crippen LogP contribution in [0.1, 0.15) is 24.1 Å². The number of nitrogens with two attached hydrogens (primary N) is 1. The highest BCUT2D eigenvalue weighted by Gasteiger charge is 2.20. The van der Waals surface area contributed by atoms with Crippen molar-refractivity contribution in [2.24, 2.45) is 0 Å². The van der Waals surface area contributed by atoms with Gasteiger partial charge in [0.1, 0.15) is 5.75 Å². The third-order valence-corrected chi connectivity index (χ3v) is 3.24. The molecule has 0 aliphatic heterocycles. The molecule has 2 aromatic rings.